The van der Waals surface area contributed by atoms with E-state index in [1.807, 2.05) is 6.07 Å². The molecule has 0 bridgehead atoms. The predicted molar refractivity (Wildman–Crippen MR) is 62.0 cm³/mol. The van der Waals surface area contributed by atoms with Gasteiger partial charge in [-0.1, -0.05) is 0 Å². The second-order valence-corrected chi connectivity index (χ2v) is 4.35. The molecule has 1 aliphatic carbocycles. The average molecular weight is 220 g/mol. The number of nitrogens with zero attached hydrogens (tertiary/aromatic N) is 1. The molecule has 16 heavy (non-hydrogen) atoms. The van der Waals surface area contributed by atoms with Crippen molar-refractivity contribution >= 4 is 11.6 Å². The fraction of sp³-hybridized carbons (Fsp3) is 0.455. The minimum atomic E-state index is -0.511. The number of primary amides is 1. The lowest BCUT2D eigenvalue weighted by molar-refractivity contribution is 0.0995. The second kappa shape index (κ2) is 4.09. The zero-order valence-electron chi connectivity index (χ0n) is 9.07. The Balaban J connectivity index is 1.99. The molecule has 0 saturated heterocycles. The number of amides is 1. The van der Waals surface area contributed by atoms with E-state index in [0.29, 0.717) is 6.54 Å². The van der Waals surface area contributed by atoms with Gasteiger partial charge in [-0.25, -0.2) is 0 Å². The van der Waals surface area contributed by atoms with Crippen LogP contribution in [-0.4, -0.2) is 24.0 Å². The number of aromatic nitrogens is 1. The zero-order chi connectivity index (χ0) is 11.6. The summed E-state index contributed by atoms with van der Waals surface area (Å²) in [5, 5.41) is 3.27. The Morgan fingerprint density at radius 1 is 1.56 bits per heavy atom. The van der Waals surface area contributed by atoms with E-state index in [0.717, 1.165) is 12.2 Å². The van der Waals surface area contributed by atoms with Crippen LogP contribution in [0.25, 0.3) is 0 Å². The lowest BCUT2D eigenvalue weighted by Gasteiger charge is -2.14. The number of hydrogen-bond donors (Lipinski definition) is 3. The number of hydrogen-bond acceptors (Lipinski definition) is 4. The van der Waals surface area contributed by atoms with Crippen LogP contribution in [0, 0.1) is 5.41 Å². The van der Waals surface area contributed by atoms with Crippen LogP contribution < -0.4 is 16.8 Å². The highest BCUT2D eigenvalue weighted by molar-refractivity contribution is 5.91. The van der Waals surface area contributed by atoms with E-state index in [9.17, 15) is 4.79 Å². The van der Waals surface area contributed by atoms with Gasteiger partial charge < -0.3 is 16.8 Å². The smallest absolute Gasteiger partial charge is 0.267 e. The summed E-state index contributed by atoms with van der Waals surface area (Å²) in [5.41, 5.74) is 12.2. The van der Waals surface area contributed by atoms with Gasteiger partial charge >= 0.3 is 0 Å². The molecule has 1 aromatic rings. The lowest BCUT2D eigenvalue weighted by Crippen LogP contribution is -2.24. The molecule has 2 rings (SSSR count). The van der Waals surface area contributed by atoms with E-state index < -0.39 is 5.91 Å². The molecule has 0 atom stereocenters. The van der Waals surface area contributed by atoms with E-state index in [2.05, 4.69) is 10.3 Å². The van der Waals surface area contributed by atoms with Crippen molar-refractivity contribution in [2.75, 3.05) is 18.4 Å². The maximum atomic E-state index is 10.9. The molecule has 5 heteroatoms. The van der Waals surface area contributed by atoms with Crippen molar-refractivity contribution in [2.24, 2.45) is 16.9 Å². The van der Waals surface area contributed by atoms with Crippen LogP contribution in [0.4, 0.5) is 5.69 Å². The van der Waals surface area contributed by atoms with E-state index in [1.165, 1.54) is 12.8 Å². The first kappa shape index (κ1) is 10.9. The van der Waals surface area contributed by atoms with Crippen molar-refractivity contribution in [3.63, 3.8) is 0 Å². The molecular weight excluding hydrogens is 204 g/mol. The molecular formula is C11H16N4O. The number of nitrogens with one attached hydrogen (secondary N) is 1. The largest absolute Gasteiger partial charge is 0.384 e. The van der Waals surface area contributed by atoms with E-state index in [1.54, 1.807) is 12.3 Å². The standard InChI is InChI=1S/C11H16N4O/c12-6-11(2-3-11)7-15-8-1-4-14-9(5-8)10(13)16/h1,4-5H,2-3,6-7,12H2,(H2,13,16)(H,14,15). The van der Waals surface area contributed by atoms with Crippen molar-refractivity contribution in [3.05, 3.63) is 24.0 Å². The molecule has 1 amide bonds. The minimum Gasteiger partial charge on any atom is -0.384 e. The second-order valence-electron chi connectivity index (χ2n) is 4.35. The fourth-order valence-corrected chi connectivity index (χ4v) is 1.59. The Morgan fingerprint density at radius 3 is 2.88 bits per heavy atom. The Bertz CT molecular complexity index is 401. The summed E-state index contributed by atoms with van der Waals surface area (Å²) in [6.07, 6.45) is 3.92. The monoisotopic (exact) mass is 220 g/mol. The van der Waals surface area contributed by atoms with Crippen LogP contribution >= 0.6 is 0 Å². The number of rotatable bonds is 5. The molecule has 0 aromatic carbocycles. The Kier molecular flexibility index (Phi) is 2.78. The van der Waals surface area contributed by atoms with Crippen LogP contribution in [0.5, 0.6) is 0 Å². The maximum Gasteiger partial charge on any atom is 0.267 e. The quantitative estimate of drug-likeness (QED) is 0.666. The van der Waals surface area contributed by atoms with Gasteiger partial charge in [0.15, 0.2) is 0 Å². The molecule has 0 spiro atoms. The Hall–Kier alpha value is -1.62. The molecule has 86 valence electrons. The molecule has 1 fully saturated rings. The highest BCUT2D eigenvalue weighted by atomic mass is 16.1. The van der Waals surface area contributed by atoms with Crippen LogP contribution in [0.1, 0.15) is 23.3 Å². The van der Waals surface area contributed by atoms with Gasteiger partial charge in [-0.3, -0.25) is 9.78 Å². The van der Waals surface area contributed by atoms with Crippen molar-refractivity contribution < 1.29 is 4.79 Å². The van der Waals surface area contributed by atoms with Gasteiger partial charge in [0, 0.05) is 18.4 Å². The minimum absolute atomic E-state index is 0.260. The zero-order valence-corrected chi connectivity index (χ0v) is 9.07. The Labute approximate surface area is 94.2 Å². The summed E-state index contributed by atoms with van der Waals surface area (Å²) in [5.74, 6) is -0.511. The SMILES string of the molecule is NCC1(CNc2ccnc(C(N)=O)c2)CC1. The fourth-order valence-electron chi connectivity index (χ4n) is 1.59. The summed E-state index contributed by atoms with van der Waals surface area (Å²) in [6, 6.07) is 3.48. The average Bonchev–Trinajstić information content (AvgIpc) is 3.07. The van der Waals surface area contributed by atoms with Crippen LogP contribution in [0.3, 0.4) is 0 Å². The van der Waals surface area contributed by atoms with Crippen molar-refractivity contribution in [1.82, 2.24) is 4.98 Å². The highest BCUT2D eigenvalue weighted by Gasteiger charge is 2.40. The molecule has 1 aliphatic rings. The number of carbonyl (C=O) groups excluding carboxylic acids is 1. The molecule has 0 aliphatic heterocycles. The molecule has 1 aromatic heterocycles. The first-order valence-corrected chi connectivity index (χ1v) is 5.35. The molecule has 1 saturated carbocycles. The van der Waals surface area contributed by atoms with Gasteiger partial charge in [0.1, 0.15) is 5.69 Å². The summed E-state index contributed by atoms with van der Waals surface area (Å²) in [7, 11) is 0. The first-order valence-electron chi connectivity index (χ1n) is 5.35. The Morgan fingerprint density at radius 2 is 2.31 bits per heavy atom. The van der Waals surface area contributed by atoms with E-state index in [-0.39, 0.29) is 11.1 Å². The molecule has 1 heterocycles. The van der Waals surface area contributed by atoms with Crippen LogP contribution in [-0.2, 0) is 0 Å². The predicted octanol–water partition coefficient (Wildman–Crippen LogP) is 0.331. The summed E-state index contributed by atoms with van der Waals surface area (Å²) in [4.78, 5) is 14.8. The first-order chi connectivity index (χ1) is 7.65. The van der Waals surface area contributed by atoms with E-state index in [4.69, 9.17) is 11.5 Å². The van der Waals surface area contributed by atoms with Crippen molar-refractivity contribution in [1.29, 1.82) is 0 Å². The third-order valence-electron chi connectivity index (χ3n) is 3.07. The normalized spacial score (nSPS) is 16.8. The number of nitrogens with two attached hydrogens (primary N) is 2. The van der Waals surface area contributed by atoms with Crippen LogP contribution in [0.15, 0.2) is 18.3 Å². The van der Waals surface area contributed by atoms with Gasteiger partial charge in [-0.05, 0) is 36.9 Å². The molecule has 5 nitrogen and oxygen atoms in total. The third kappa shape index (κ3) is 2.30. The van der Waals surface area contributed by atoms with Gasteiger partial charge in [-0.2, -0.15) is 0 Å². The molecule has 0 radical (unpaired) electrons. The maximum absolute atomic E-state index is 10.9. The topological polar surface area (TPSA) is 94.0 Å². The van der Waals surface area contributed by atoms with Crippen molar-refractivity contribution in [2.45, 2.75) is 12.8 Å². The summed E-state index contributed by atoms with van der Waals surface area (Å²) >= 11 is 0. The van der Waals surface area contributed by atoms with Gasteiger partial charge in [0.25, 0.3) is 5.91 Å². The highest BCUT2D eigenvalue weighted by Crippen LogP contribution is 2.44. The number of pyridine rings is 1. The lowest BCUT2D eigenvalue weighted by atomic mass is 10.1. The number of anilines is 1. The van der Waals surface area contributed by atoms with Crippen LogP contribution in [0.2, 0.25) is 0 Å². The van der Waals surface area contributed by atoms with Gasteiger partial charge in [0.05, 0.1) is 0 Å². The third-order valence-corrected chi connectivity index (χ3v) is 3.07. The van der Waals surface area contributed by atoms with E-state index >= 15 is 0 Å². The summed E-state index contributed by atoms with van der Waals surface area (Å²) < 4.78 is 0. The molecule has 5 N–H and O–H groups in total. The van der Waals surface area contributed by atoms with Gasteiger partial charge in [-0.15, -0.1) is 0 Å². The van der Waals surface area contributed by atoms with Crippen molar-refractivity contribution in [3.8, 4) is 0 Å². The number of carbonyl (C=O) groups is 1. The summed E-state index contributed by atoms with van der Waals surface area (Å²) in [6.45, 7) is 1.54. The van der Waals surface area contributed by atoms with Gasteiger partial charge in [0.2, 0.25) is 0 Å². The molecule has 0 unspecified atom stereocenters.